The number of rotatable bonds is 2. The normalized spacial score (nSPS) is 25.1. The van der Waals surface area contributed by atoms with E-state index in [1.54, 1.807) is 16.7 Å². The number of aromatic nitrogens is 1. The predicted molar refractivity (Wildman–Crippen MR) is 53.7 cm³/mol. The molecule has 1 aromatic rings. The van der Waals surface area contributed by atoms with Crippen LogP contribution in [0, 0.1) is 0 Å². The third-order valence-corrected chi connectivity index (χ3v) is 3.33. The first-order valence-electron chi connectivity index (χ1n) is 4.56. The van der Waals surface area contributed by atoms with Crippen LogP contribution in [0.3, 0.4) is 0 Å². The van der Waals surface area contributed by atoms with Crippen molar-refractivity contribution in [3.63, 3.8) is 0 Å². The topological polar surface area (TPSA) is 53.4 Å². The van der Waals surface area contributed by atoms with E-state index >= 15 is 0 Å². The van der Waals surface area contributed by atoms with Gasteiger partial charge in [0.05, 0.1) is 0 Å². The van der Waals surface area contributed by atoms with Crippen molar-refractivity contribution in [1.29, 1.82) is 0 Å². The number of nitrogens with zero attached hydrogens (tertiary/aromatic N) is 2. The molecule has 2 atom stereocenters. The standard InChI is InChI=1S/C9H12N2O2S/c12-14(13)11-7-1-2-9(11)8-3-5-10-6-4-8/h3-6,9H,1-2,7H2,(H,12,13). The minimum Gasteiger partial charge on any atom is -0.294 e. The van der Waals surface area contributed by atoms with Gasteiger partial charge in [-0.15, -0.1) is 0 Å². The maximum atomic E-state index is 11.0. The highest BCUT2D eigenvalue weighted by atomic mass is 32.2. The summed E-state index contributed by atoms with van der Waals surface area (Å²) in [5, 5.41) is 0. The zero-order valence-electron chi connectivity index (χ0n) is 7.67. The molecule has 1 fully saturated rings. The molecule has 0 amide bonds. The molecule has 0 aromatic carbocycles. The van der Waals surface area contributed by atoms with Crippen LogP contribution in [0.25, 0.3) is 0 Å². The Morgan fingerprint density at radius 3 is 2.86 bits per heavy atom. The van der Waals surface area contributed by atoms with Crippen molar-refractivity contribution in [2.75, 3.05) is 6.54 Å². The molecule has 0 aliphatic carbocycles. The van der Waals surface area contributed by atoms with E-state index in [-0.39, 0.29) is 6.04 Å². The molecule has 1 aliphatic rings. The van der Waals surface area contributed by atoms with Crippen LogP contribution < -0.4 is 0 Å². The second-order valence-corrected chi connectivity index (χ2v) is 4.24. The van der Waals surface area contributed by atoms with Crippen LogP contribution >= 0.6 is 0 Å². The number of hydrogen-bond donors (Lipinski definition) is 1. The third-order valence-electron chi connectivity index (χ3n) is 2.50. The van der Waals surface area contributed by atoms with E-state index in [0.717, 1.165) is 18.4 Å². The van der Waals surface area contributed by atoms with Crippen molar-refractivity contribution >= 4 is 11.3 Å². The lowest BCUT2D eigenvalue weighted by atomic mass is 10.1. The van der Waals surface area contributed by atoms with Crippen LogP contribution in [0.1, 0.15) is 24.4 Å². The van der Waals surface area contributed by atoms with Crippen LogP contribution in [0.4, 0.5) is 0 Å². The number of hydrogen-bond acceptors (Lipinski definition) is 2. The van der Waals surface area contributed by atoms with Gasteiger partial charge in [-0.05, 0) is 30.5 Å². The van der Waals surface area contributed by atoms with Gasteiger partial charge in [0.2, 0.25) is 11.3 Å². The molecule has 1 aliphatic heterocycles. The Labute approximate surface area is 85.4 Å². The molecule has 2 unspecified atom stereocenters. The van der Waals surface area contributed by atoms with Crippen molar-refractivity contribution in [2.24, 2.45) is 0 Å². The van der Waals surface area contributed by atoms with E-state index in [9.17, 15) is 4.21 Å². The maximum absolute atomic E-state index is 11.0. The van der Waals surface area contributed by atoms with E-state index < -0.39 is 11.3 Å². The average molecular weight is 212 g/mol. The fraction of sp³-hybridized carbons (Fsp3) is 0.444. The van der Waals surface area contributed by atoms with Crippen LogP contribution in [0.5, 0.6) is 0 Å². The molecule has 4 nitrogen and oxygen atoms in total. The monoisotopic (exact) mass is 212 g/mol. The maximum Gasteiger partial charge on any atom is 0.235 e. The fourth-order valence-electron chi connectivity index (χ4n) is 1.85. The Kier molecular flexibility index (Phi) is 2.90. The minimum atomic E-state index is -1.86. The summed E-state index contributed by atoms with van der Waals surface area (Å²) in [6.45, 7) is 0.691. The lowest BCUT2D eigenvalue weighted by molar-refractivity contribution is 0.383. The second-order valence-electron chi connectivity index (χ2n) is 3.31. The van der Waals surface area contributed by atoms with Gasteiger partial charge in [0, 0.05) is 25.0 Å². The van der Waals surface area contributed by atoms with E-state index in [1.807, 2.05) is 12.1 Å². The van der Waals surface area contributed by atoms with Crippen molar-refractivity contribution in [2.45, 2.75) is 18.9 Å². The highest BCUT2D eigenvalue weighted by Gasteiger charge is 2.29. The van der Waals surface area contributed by atoms with E-state index in [1.165, 1.54) is 0 Å². The Hall–Kier alpha value is -0.780. The van der Waals surface area contributed by atoms with Gasteiger partial charge in [-0.1, -0.05) is 0 Å². The summed E-state index contributed by atoms with van der Waals surface area (Å²) >= 11 is -1.86. The van der Waals surface area contributed by atoms with Crippen molar-refractivity contribution in [3.8, 4) is 0 Å². The molecular weight excluding hydrogens is 200 g/mol. The molecule has 0 bridgehead atoms. The molecule has 14 heavy (non-hydrogen) atoms. The van der Waals surface area contributed by atoms with E-state index in [4.69, 9.17) is 4.55 Å². The SMILES string of the molecule is O=S(O)N1CCCC1c1ccncc1. The molecule has 0 spiro atoms. The first kappa shape index (κ1) is 9.76. The lowest BCUT2D eigenvalue weighted by Crippen LogP contribution is -2.24. The first-order valence-corrected chi connectivity index (χ1v) is 5.63. The molecule has 76 valence electrons. The third kappa shape index (κ3) is 1.84. The molecule has 1 N–H and O–H groups in total. The van der Waals surface area contributed by atoms with Crippen molar-refractivity contribution < 1.29 is 8.76 Å². The predicted octanol–water partition coefficient (Wildman–Crippen LogP) is 1.36. The molecule has 5 heteroatoms. The summed E-state index contributed by atoms with van der Waals surface area (Å²) < 4.78 is 21.7. The van der Waals surface area contributed by atoms with Crippen LogP contribution in [-0.2, 0) is 11.3 Å². The van der Waals surface area contributed by atoms with Crippen molar-refractivity contribution in [3.05, 3.63) is 30.1 Å². The van der Waals surface area contributed by atoms with Crippen LogP contribution in [0.15, 0.2) is 24.5 Å². The van der Waals surface area contributed by atoms with Gasteiger partial charge in [-0.25, -0.2) is 4.21 Å². The molecule has 0 radical (unpaired) electrons. The largest absolute Gasteiger partial charge is 0.294 e. The van der Waals surface area contributed by atoms with Gasteiger partial charge in [0.25, 0.3) is 0 Å². The summed E-state index contributed by atoms with van der Waals surface area (Å²) in [6, 6.07) is 3.87. The average Bonchev–Trinajstić information content (AvgIpc) is 2.67. The van der Waals surface area contributed by atoms with Gasteiger partial charge < -0.3 is 0 Å². The van der Waals surface area contributed by atoms with Gasteiger partial charge in [0.15, 0.2) is 0 Å². The summed E-state index contributed by atoms with van der Waals surface area (Å²) in [4.78, 5) is 3.93. The van der Waals surface area contributed by atoms with Crippen molar-refractivity contribution in [1.82, 2.24) is 9.29 Å². The summed E-state index contributed by atoms with van der Waals surface area (Å²) in [5.41, 5.74) is 1.07. The summed E-state index contributed by atoms with van der Waals surface area (Å²) in [7, 11) is 0. The Bertz CT molecular complexity index is 331. The van der Waals surface area contributed by atoms with Crippen LogP contribution in [0.2, 0.25) is 0 Å². The Morgan fingerprint density at radius 1 is 1.50 bits per heavy atom. The Morgan fingerprint density at radius 2 is 2.21 bits per heavy atom. The van der Waals surface area contributed by atoms with Gasteiger partial charge >= 0.3 is 0 Å². The number of pyridine rings is 1. The van der Waals surface area contributed by atoms with E-state index in [0.29, 0.717) is 6.54 Å². The zero-order valence-corrected chi connectivity index (χ0v) is 8.48. The summed E-state index contributed by atoms with van der Waals surface area (Å²) in [6.07, 6.45) is 5.34. The molecule has 2 heterocycles. The highest BCUT2D eigenvalue weighted by Crippen LogP contribution is 2.31. The molecule has 1 aromatic heterocycles. The van der Waals surface area contributed by atoms with Gasteiger partial charge in [0.1, 0.15) is 0 Å². The van der Waals surface area contributed by atoms with E-state index in [2.05, 4.69) is 4.98 Å². The molecule has 1 saturated heterocycles. The van der Waals surface area contributed by atoms with Gasteiger partial charge in [-0.3, -0.25) is 9.54 Å². The minimum absolute atomic E-state index is 0.0730. The molecule has 0 saturated carbocycles. The zero-order chi connectivity index (χ0) is 9.97. The highest BCUT2D eigenvalue weighted by molar-refractivity contribution is 7.76. The quantitative estimate of drug-likeness (QED) is 0.753. The summed E-state index contributed by atoms with van der Waals surface area (Å²) in [5.74, 6) is 0. The molecular formula is C9H12N2O2S. The van der Waals surface area contributed by atoms with Gasteiger partial charge in [-0.2, -0.15) is 4.31 Å². The first-order chi connectivity index (χ1) is 6.79. The fourth-order valence-corrected chi connectivity index (χ4v) is 2.58. The smallest absolute Gasteiger partial charge is 0.235 e. The molecule has 2 rings (SSSR count). The lowest BCUT2D eigenvalue weighted by Gasteiger charge is -2.19. The van der Waals surface area contributed by atoms with Crippen LogP contribution in [-0.4, -0.2) is 24.6 Å². The Balaban J connectivity index is 2.22. The second kappa shape index (κ2) is 4.16.